The fourth-order valence-corrected chi connectivity index (χ4v) is 6.02. The minimum atomic E-state index is -0.215. The number of hydrogen-bond donors (Lipinski definition) is 2. The summed E-state index contributed by atoms with van der Waals surface area (Å²) in [6, 6.07) is 32.5. The van der Waals surface area contributed by atoms with Gasteiger partial charge in [0, 0.05) is 22.1 Å². The number of fused-ring (bicyclic) bond motifs is 1. The van der Waals surface area contributed by atoms with Gasteiger partial charge in [0.15, 0.2) is 0 Å². The van der Waals surface area contributed by atoms with Gasteiger partial charge in [0.05, 0.1) is 37.9 Å². The number of nitrogens with zero attached hydrogens (tertiary/aromatic N) is 4. The van der Waals surface area contributed by atoms with Gasteiger partial charge >= 0.3 is 0 Å². The highest BCUT2D eigenvalue weighted by molar-refractivity contribution is 9.10. The van der Waals surface area contributed by atoms with Gasteiger partial charge in [0.25, 0.3) is 11.4 Å². The molecule has 0 saturated carbocycles. The van der Waals surface area contributed by atoms with Crippen molar-refractivity contribution >= 4 is 61.4 Å². The number of aromatic hydroxyl groups is 1. The van der Waals surface area contributed by atoms with Crippen molar-refractivity contribution in [2.24, 2.45) is 0 Å². The Kier molecular flexibility index (Phi) is 8.04. The average Bonchev–Trinajstić information content (AvgIpc) is 3.55. The smallest absolute Gasteiger partial charge is 0.266 e. The van der Waals surface area contributed by atoms with Crippen LogP contribution in [0.15, 0.2) is 123 Å². The maximum atomic E-state index is 14.1. The molecule has 0 radical (unpaired) electrons. The Morgan fingerprint density at radius 3 is 2.33 bits per heavy atom. The van der Waals surface area contributed by atoms with Crippen molar-refractivity contribution in [2.75, 3.05) is 5.32 Å². The fourth-order valence-electron chi connectivity index (χ4n) is 5.16. The highest BCUT2D eigenvalue weighted by Crippen LogP contribution is 2.35. The summed E-state index contributed by atoms with van der Waals surface area (Å²) in [5, 5.41) is 23.3. The van der Waals surface area contributed by atoms with Crippen molar-refractivity contribution in [3.8, 4) is 34.3 Å². The van der Waals surface area contributed by atoms with E-state index in [0.29, 0.717) is 55.7 Å². The molecule has 0 saturated heterocycles. The van der Waals surface area contributed by atoms with E-state index < -0.39 is 0 Å². The molecule has 11 heteroatoms. The summed E-state index contributed by atoms with van der Waals surface area (Å²) in [5.74, 6) is 1.05. The molecule has 2 heterocycles. The molecule has 0 aliphatic rings. The van der Waals surface area contributed by atoms with Gasteiger partial charge in [0.1, 0.15) is 11.6 Å². The number of benzene rings is 5. The van der Waals surface area contributed by atoms with Crippen LogP contribution >= 0.6 is 39.1 Å². The zero-order valence-corrected chi connectivity index (χ0v) is 26.9. The number of hydrogen-bond acceptors (Lipinski definition) is 7. The molecule has 0 spiro atoms. The summed E-state index contributed by atoms with van der Waals surface area (Å²) >= 11 is 16.4. The van der Waals surface area contributed by atoms with Gasteiger partial charge in [-0.05, 0) is 78.4 Å². The van der Waals surface area contributed by atoms with Gasteiger partial charge < -0.3 is 14.8 Å². The Bertz CT molecular complexity index is 2280. The molecular weight excluding hydrogens is 689 g/mol. The maximum Gasteiger partial charge on any atom is 0.266 e. The molecule has 2 N–H and O–H groups in total. The van der Waals surface area contributed by atoms with Gasteiger partial charge in [-0.15, -0.1) is 10.2 Å². The van der Waals surface area contributed by atoms with Crippen LogP contribution in [-0.4, -0.2) is 24.9 Å². The molecule has 7 aromatic rings. The predicted molar refractivity (Wildman–Crippen MR) is 184 cm³/mol. The van der Waals surface area contributed by atoms with Gasteiger partial charge in [-0.3, -0.25) is 9.36 Å². The zero-order chi connectivity index (χ0) is 31.8. The third-order valence-corrected chi connectivity index (χ3v) is 8.54. The molecule has 0 amide bonds. The molecule has 7 rings (SSSR count). The lowest BCUT2D eigenvalue weighted by molar-refractivity contribution is 0.473. The van der Waals surface area contributed by atoms with Gasteiger partial charge in [-0.1, -0.05) is 75.5 Å². The van der Waals surface area contributed by atoms with Gasteiger partial charge in [0.2, 0.25) is 5.89 Å². The summed E-state index contributed by atoms with van der Waals surface area (Å²) < 4.78 is 8.25. The normalized spacial score (nSPS) is 11.2. The van der Waals surface area contributed by atoms with E-state index in [0.717, 1.165) is 15.7 Å². The number of anilines is 2. The lowest BCUT2D eigenvalue weighted by Gasteiger charge is -2.17. The first kappa shape index (κ1) is 29.7. The topological polar surface area (TPSA) is 106 Å². The zero-order valence-electron chi connectivity index (χ0n) is 23.8. The van der Waals surface area contributed by atoms with E-state index in [9.17, 15) is 9.90 Å². The SMILES string of the molecule is O=c1c2cc(Br)ccc2nc(Cc2ccccc2Nc2c(Cl)cccc2Cl)n1-c1ccc(-c2nnc(-c3ccccc3O)o2)cc1. The second-order valence-electron chi connectivity index (χ2n) is 10.4. The largest absolute Gasteiger partial charge is 0.507 e. The van der Waals surface area contributed by atoms with Crippen molar-refractivity contribution in [3.63, 3.8) is 0 Å². The number of para-hydroxylation sites is 3. The first-order valence-corrected chi connectivity index (χ1v) is 15.6. The Labute approximate surface area is 281 Å². The van der Waals surface area contributed by atoms with E-state index >= 15 is 0 Å². The van der Waals surface area contributed by atoms with E-state index in [1.807, 2.05) is 48.5 Å². The molecule has 0 aliphatic carbocycles. The second-order valence-corrected chi connectivity index (χ2v) is 12.1. The number of aromatic nitrogens is 4. The summed E-state index contributed by atoms with van der Waals surface area (Å²) in [4.78, 5) is 19.0. The summed E-state index contributed by atoms with van der Waals surface area (Å²) in [7, 11) is 0. The lowest BCUT2D eigenvalue weighted by atomic mass is 10.1. The van der Waals surface area contributed by atoms with E-state index in [2.05, 4.69) is 31.4 Å². The van der Waals surface area contributed by atoms with Crippen LogP contribution in [0.4, 0.5) is 11.4 Å². The predicted octanol–water partition coefficient (Wildman–Crippen LogP) is 9.21. The third-order valence-electron chi connectivity index (χ3n) is 7.42. The molecule has 46 heavy (non-hydrogen) atoms. The van der Waals surface area contributed by atoms with Crippen LogP contribution in [0.25, 0.3) is 39.5 Å². The van der Waals surface area contributed by atoms with Crippen LogP contribution in [0, 0.1) is 0 Å². The Hall–Kier alpha value is -4.96. The number of rotatable bonds is 7. The van der Waals surface area contributed by atoms with E-state index in [-0.39, 0.29) is 23.1 Å². The molecular formula is C35H22BrCl2N5O3. The third kappa shape index (κ3) is 5.76. The molecule has 2 aromatic heterocycles. The quantitative estimate of drug-likeness (QED) is 0.170. The van der Waals surface area contributed by atoms with Crippen LogP contribution in [-0.2, 0) is 6.42 Å². The Balaban J connectivity index is 1.29. The van der Waals surface area contributed by atoms with E-state index in [1.54, 1.807) is 65.2 Å². The van der Waals surface area contributed by atoms with Crippen molar-refractivity contribution in [1.82, 2.24) is 19.7 Å². The molecule has 0 unspecified atom stereocenters. The van der Waals surface area contributed by atoms with Crippen LogP contribution in [0.1, 0.15) is 11.4 Å². The molecule has 8 nitrogen and oxygen atoms in total. The number of nitrogens with one attached hydrogen (secondary N) is 1. The van der Waals surface area contributed by atoms with Crippen LogP contribution in [0.3, 0.4) is 0 Å². The molecule has 0 bridgehead atoms. The summed E-state index contributed by atoms with van der Waals surface area (Å²) in [6.45, 7) is 0. The Morgan fingerprint density at radius 2 is 1.54 bits per heavy atom. The van der Waals surface area contributed by atoms with Gasteiger partial charge in [-0.2, -0.15) is 0 Å². The highest BCUT2D eigenvalue weighted by Gasteiger charge is 2.18. The first-order chi connectivity index (χ1) is 22.4. The second kappa shape index (κ2) is 12.4. The standard InChI is InChI=1S/C35H22BrCl2N5O3/c36-22-14-17-29-25(19-22)35(45)43(23-15-12-20(13-16-23)33-41-42-34(46-33)24-7-2-4-11-30(24)44)31(39-29)18-21-6-1-3-10-28(21)40-32-26(37)8-5-9-27(32)38/h1-17,19,40,44H,18H2. The molecule has 226 valence electrons. The molecule has 5 aromatic carbocycles. The number of phenolic OH excluding ortho intramolecular Hbond substituents is 1. The number of phenols is 1. The number of halogens is 3. The highest BCUT2D eigenvalue weighted by atomic mass is 79.9. The van der Waals surface area contributed by atoms with E-state index in [1.165, 1.54) is 0 Å². The first-order valence-electron chi connectivity index (χ1n) is 14.1. The van der Waals surface area contributed by atoms with Crippen LogP contribution in [0.5, 0.6) is 5.75 Å². The van der Waals surface area contributed by atoms with E-state index in [4.69, 9.17) is 32.6 Å². The summed E-state index contributed by atoms with van der Waals surface area (Å²) in [5.41, 5.74) is 4.32. The molecule has 0 atom stereocenters. The van der Waals surface area contributed by atoms with Crippen molar-refractivity contribution in [2.45, 2.75) is 6.42 Å². The monoisotopic (exact) mass is 709 g/mol. The average molecular weight is 711 g/mol. The van der Waals surface area contributed by atoms with Crippen molar-refractivity contribution in [3.05, 3.63) is 145 Å². The van der Waals surface area contributed by atoms with Crippen molar-refractivity contribution < 1.29 is 9.52 Å². The minimum Gasteiger partial charge on any atom is -0.507 e. The van der Waals surface area contributed by atoms with Crippen LogP contribution < -0.4 is 10.9 Å². The van der Waals surface area contributed by atoms with Gasteiger partial charge in [-0.25, -0.2) is 4.98 Å². The van der Waals surface area contributed by atoms with Crippen LogP contribution in [0.2, 0.25) is 10.0 Å². The molecule has 0 fully saturated rings. The van der Waals surface area contributed by atoms with Crippen molar-refractivity contribution in [1.29, 1.82) is 0 Å². The fraction of sp³-hybridized carbons (Fsp3) is 0.0286. The maximum absolute atomic E-state index is 14.1. The summed E-state index contributed by atoms with van der Waals surface area (Å²) in [6.07, 6.45) is 0.321. The lowest BCUT2D eigenvalue weighted by Crippen LogP contribution is -2.24. The Morgan fingerprint density at radius 1 is 0.826 bits per heavy atom. The molecule has 0 aliphatic heterocycles. The minimum absolute atomic E-state index is 0.0436.